The number of halogens is 1. The zero-order valence-electron chi connectivity index (χ0n) is 19.3. The number of benzene rings is 1. The zero-order valence-corrected chi connectivity index (χ0v) is 21.6. The number of amides is 1. The third-order valence-corrected chi connectivity index (χ3v) is 5.46. The van der Waals surface area contributed by atoms with E-state index in [-0.39, 0.29) is 29.9 Å². The maximum absolute atomic E-state index is 12.1. The van der Waals surface area contributed by atoms with Crippen molar-refractivity contribution in [3.8, 4) is 0 Å². The van der Waals surface area contributed by atoms with Crippen LogP contribution in [0.1, 0.15) is 40.7 Å². The summed E-state index contributed by atoms with van der Waals surface area (Å²) in [5.41, 5.74) is 3.02. The first kappa shape index (κ1) is 25.9. The number of carbonyl (C=O) groups is 1. The molecule has 3 rings (SSSR count). The third kappa shape index (κ3) is 7.65. The highest BCUT2D eigenvalue weighted by Gasteiger charge is 2.12. The molecule has 2 aromatic rings. The van der Waals surface area contributed by atoms with Crippen LogP contribution in [0, 0.1) is 0 Å². The molecule has 1 aliphatic heterocycles. The first-order valence-electron chi connectivity index (χ1n) is 11.0. The lowest BCUT2D eigenvalue weighted by molar-refractivity contribution is 0.0827. The van der Waals surface area contributed by atoms with Crippen molar-refractivity contribution in [2.45, 2.75) is 32.2 Å². The Hall–Kier alpha value is -2.36. The van der Waals surface area contributed by atoms with Gasteiger partial charge >= 0.3 is 0 Å². The van der Waals surface area contributed by atoms with Crippen LogP contribution in [0.15, 0.2) is 47.6 Å². The van der Waals surface area contributed by atoms with Gasteiger partial charge in [0.05, 0.1) is 0 Å². The minimum Gasteiger partial charge on any atom is -0.357 e. The molecule has 0 bridgehead atoms. The van der Waals surface area contributed by atoms with Gasteiger partial charge in [0, 0.05) is 59.1 Å². The predicted octanol–water partition coefficient (Wildman–Crippen LogP) is 3.30. The number of aliphatic imine (C=N–C) groups is 1. The van der Waals surface area contributed by atoms with Gasteiger partial charge < -0.3 is 20.4 Å². The predicted molar refractivity (Wildman–Crippen MR) is 142 cm³/mol. The molecular weight excluding hydrogens is 515 g/mol. The molecule has 0 atom stereocenters. The van der Waals surface area contributed by atoms with Crippen molar-refractivity contribution in [2.75, 3.05) is 45.7 Å². The number of anilines is 1. The molecule has 1 amide bonds. The number of hydrogen-bond acceptors (Lipinski definition) is 4. The van der Waals surface area contributed by atoms with Gasteiger partial charge in [0.15, 0.2) is 5.96 Å². The lowest BCUT2D eigenvalue weighted by Gasteiger charge is -2.28. The molecule has 0 unspecified atom stereocenters. The van der Waals surface area contributed by atoms with Crippen LogP contribution in [0.2, 0.25) is 0 Å². The Labute approximate surface area is 208 Å². The van der Waals surface area contributed by atoms with Crippen LogP contribution in [-0.2, 0) is 13.0 Å². The third-order valence-electron chi connectivity index (χ3n) is 5.46. The Morgan fingerprint density at radius 1 is 1.09 bits per heavy atom. The molecule has 174 valence electrons. The van der Waals surface area contributed by atoms with Crippen LogP contribution in [-0.4, -0.2) is 62.5 Å². The van der Waals surface area contributed by atoms with Gasteiger partial charge in [-0.2, -0.15) is 0 Å². The van der Waals surface area contributed by atoms with E-state index in [9.17, 15) is 4.79 Å². The molecule has 8 heteroatoms. The van der Waals surface area contributed by atoms with Gasteiger partial charge in [-0.05, 0) is 61.1 Å². The monoisotopic (exact) mass is 550 g/mol. The summed E-state index contributed by atoms with van der Waals surface area (Å²) in [6.45, 7) is 3.60. The zero-order chi connectivity index (χ0) is 22.1. The summed E-state index contributed by atoms with van der Waals surface area (Å²) >= 11 is 0. The van der Waals surface area contributed by atoms with Crippen molar-refractivity contribution in [2.24, 2.45) is 4.99 Å². The van der Waals surface area contributed by atoms with Crippen molar-refractivity contribution < 1.29 is 4.79 Å². The van der Waals surface area contributed by atoms with E-state index in [0.717, 1.165) is 43.4 Å². The van der Waals surface area contributed by atoms with Crippen molar-refractivity contribution in [3.05, 3.63) is 59.3 Å². The second-order valence-electron chi connectivity index (χ2n) is 8.07. The van der Waals surface area contributed by atoms with E-state index in [1.54, 1.807) is 26.0 Å². The van der Waals surface area contributed by atoms with Crippen LogP contribution in [0.4, 0.5) is 5.82 Å². The van der Waals surface area contributed by atoms with E-state index in [0.29, 0.717) is 12.1 Å². The molecule has 7 nitrogen and oxygen atoms in total. The molecule has 1 aromatic carbocycles. The molecule has 1 aliphatic rings. The molecule has 2 heterocycles. The molecule has 1 fully saturated rings. The van der Waals surface area contributed by atoms with E-state index in [1.165, 1.54) is 24.8 Å². The second-order valence-corrected chi connectivity index (χ2v) is 8.07. The molecule has 32 heavy (non-hydrogen) atoms. The number of pyridine rings is 1. The maximum atomic E-state index is 12.1. The Bertz CT molecular complexity index is 896. The van der Waals surface area contributed by atoms with Crippen LogP contribution < -0.4 is 15.5 Å². The number of hydrogen-bond donors (Lipinski definition) is 2. The number of aromatic nitrogens is 1. The summed E-state index contributed by atoms with van der Waals surface area (Å²) < 4.78 is 0. The number of nitrogens with zero attached hydrogens (tertiary/aromatic N) is 4. The highest BCUT2D eigenvalue weighted by molar-refractivity contribution is 14.0. The van der Waals surface area contributed by atoms with E-state index in [1.807, 2.05) is 36.5 Å². The highest BCUT2D eigenvalue weighted by Crippen LogP contribution is 2.18. The van der Waals surface area contributed by atoms with Crippen LogP contribution in [0.3, 0.4) is 0 Å². The second kappa shape index (κ2) is 13.2. The number of carbonyl (C=O) groups excluding carboxylic acids is 1. The van der Waals surface area contributed by atoms with Crippen molar-refractivity contribution in [3.63, 3.8) is 0 Å². The minimum atomic E-state index is 0. The molecular formula is C24H35IN6O. The number of nitrogens with one attached hydrogen (secondary N) is 2. The fraction of sp³-hybridized carbons (Fsp3) is 0.458. The van der Waals surface area contributed by atoms with Gasteiger partial charge in [-0.25, -0.2) is 4.98 Å². The first-order valence-corrected chi connectivity index (χ1v) is 11.0. The molecule has 0 radical (unpaired) electrons. The summed E-state index contributed by atoms with van der Waals surface area (Å²) in [7, 11) is 5.31. The molecule has 0 spiro atoms. The average Bonchev–Trinajstić information content (AvgIpc) is 2.81. The molecule has 1 saturated heterocycles. The van der Waals surface area contributed by atoms with Gasteiger partial charge in [-0.15, -0.1) is 24.0 Å². The SMILES string of the molecule is CN=C(NCCc1cccc(C(=O)N(C)C)c1)NCc1ccnc(N2CCCCC2)c1.I. The van der Waals surface area contributed by atoms with Gasteiger partial charge in [0.2, 0.25) is 0 Å². The molecule has 1 aromatic heterocycles. The smallest absolute Gasteiger partial charge is 0.253 e. The molecule has 2 N–H and O–H groups in total. The Kier molecular flexibility index (Phi) is 10.7. The van der Waals surface area contributed by atoms with Gasteiger partial charge in [0.1, 0.15) is 5.82 Å². The number of rotatable bonds is 7. The largest absolute Gasteiger partial charge is 0.357 e. The minimum absolute atomic E-state index is 0. The van der Waals surface area contributed by atoms with E-state index in [4.69, 9.17) is 0 Å². The van der Waals surface area contributed by atoms with E-state index >= 15 is 0 Å². The summed E-state index contributed by atoms with van der Waals surface area (Å²) in [4.78, 5) is 25.0. The van der Waals surface area contributed by atoms with Crippen LogP contribution in [0.5, 0.6) is 0 Å². The van der Waals surface area contributed by atoms with E-state index in [2.05, 4.69) is 31.6 Å². The summed E-state index contributed by atoms with van der Waals surface area (Å²) in [6, 6.07) is 12.0. The maximum Gasteiger partial charge on any atom is 0.253 e. The topological polar surface area (TPSA) is 72.9 Å². The Balaban J connectivity index is 0.00000363. The quantitative estimate of drug-likeness (QED) is 0.315. The standard InChI is InChI=1S/C24H34N6O.HI/c1-25-24(27-13-10-19-8-7-9-21(16-19)23(31)29(2)3)28-18-20-11-12-26-22(17-20)30-14-5-4-6-15-30;/h7-9,11-12,16-17H,4-6,10,13-15,18H2,1-3H3,(H2,25,27,28);1H. The summed E-state index contributed by atoms with van der Waals surface area (Å²) in [5, 5.41) is 6.73. The van der Waals surface area contributed by atoms with Crippen LogP contribution >= 0.6 is 24.0 Å². The molecule has 0 saturated carbocycles. The number of piperidine rings is 1. The van der Waals surface area contributed by atoms with Gasteiger partial charge in [0.25, 0.3) is 5.91 Å². The fourth-order valence-corrected chi connectivity index (χ4v) is 3.72. The van der Waals surface area contributed by atoms with Gasteiger partial charge in [-0.1, -0.05) is 12.1 Å². The summed E-state index contributed by atoms with van der Waals surface area (Å²) in [6.07, 6.45) is 6.50. The van der Waals surface area contributed by atoms with E-state index < -0.39 is 0 Å². The molecule has 0 aliphatic carbocycles. The lowest BCUT2D eigenvalue weighted by Crippen LogP contribution is -2.38. The number of guanidine groups is 1. The highest BCUT2D eigenvalue weighted by atomic mass is 127. The van der Waals surface area contributed by atoms with Gasteiger partial charge in [-0.3, -0.25) is 9.79 Å². The van der Waals surface area contributed by atoms with Crippen molar-refractivity contribution in [1.29, 1.82) is 0 Å². The average molecular weight is 550 g/mol. The van der Waals surface area contributed by atoms with Crippen molar-refractivity contribution in [1.82, 2.24) is 20.5 Å². The Morgan fingerprint density at radius 2 is 1.88 bits per heavy atom. The fourth-order valence-electron chi connectivity index (χ4n) is 3.72. The Morgan fingerprint density at radius 3 is 2.59 bits per heavy atom. The normalized spacial score (nSPS) is 13.8. The summed E-state index contributed by atoms with van der Waals surface area (Å²) in [5.74, 6) is 1.85. The lowest BCUT2D eigenvalue weighted by atomic mass is 10.1. The van der Waals surface area contributed by atoms with Crippen LogP contribution in [0.25, 0.3) is 0 Å². The van der Waals surface area contributed by atoms with Crippen molar-refractivity contribution >= 4 is 41.7 Å². The first-order chi connectivity index (χ1) is 15.1.